The highest BCUT2D eigenvalue weighted by Crippen LogP contribution is 2.16. The van der Waals surface area contributed by atoms with Gasteiger partial charge in [0.2, 0.25) is 0 Å². The standard InChI is InChI=1S/C12H9F2NO/c1-8-4-2-7-11(16)15(8)12-9(13)5-3-6-10(12)14/h2-7H,1H3. The van der Waals surface area contributed by atoms with Gasteiger partial charge in [-0.15, -0.1) is 0 Å². The van der Waals surface area contributed by atoms with E-state index in [1.807, 2.05) is 0 Å². The van der Waals surface area contributed by atoms with Gasteiger partial charge in [-0.2, -0.15) is 0 Å². The average molecular weight is 221 g/mol. The molecule has 0 radical (unpaired) electrons. The smallest absolute Gasteiger partial charge is 0.255 e. The average Bonchev–Trinajstić information content (AvgIpc) is 2.21. The Morgan fingerprint density at radius 3 is 2.12 bits per heavy atom. The molecule has 0 atom stereocenters. The highest BCUT2D eigenvalue weighted by molar-refractivity contribution is 5.37. The number of aryl methyl sites for hydroxylation is 1. The molecule has 0 unspecified atom stereocenters. The lowest BCUT2D eigenvalue weighted by molar-refractivity contribution is 0.564. The van der Waals surface area contributed by atoms with Crippen molar-refractivity contribution in [2.24, 2.45) is 0 Å². The number of pyridine rings is 1. The molecule has 0 aliphatic carbocycles. The summed E-state index contributed by atoms with van der Waals surface area (Å²) >= 11 is 0. The molecule has 82 valence electrons. The lowest BCUT2D eigenvalue weighted by Crippen LogP contribution is -2.21. The predicted octanol–water partition coefficient (Wildman–Crippen LogP) is 2.42. The van der Waals surface area contributed by atoms with Gasteiger partial charge in [0.15, 0.2) is 0 Å². The van der Waals surface area contributed by atoms with Crippen LogP contribution in [0.3, 0.4) is 0 Å². The van der Waals surface area contributed by atoms with Crippen LogP contribution in [0.5, 0.6) is 0 Å². The summed E-state index contributed by atoms with van der Waals surface area (Å²) in [5.74, 6) is -1.51. The van der Waals surface area contributed by atoms with Crippen LogP contribution in [0.2, 0.25) is 0 Å². The molecule has 1 aromatic heterocycles. The van der Waals surface area contributed by atoms with Crippen LogP contribution < -0.4 is 5.56 Å². The van der Waals surface area contributed by atoms with Gasteiger partial charge in [-0.3, -0.25) is 9.36 Å². The first-order chi connectivity index (χ1) is 7.61. The van der Waals surface area contributed by atoms with E-state index in [1.54, 1.807) is 19.1 Å². The van der Waals surface area contributed by atoms with E-state index in [0.717, 1.165) is 16.7 Å². The minimum atomic E-state index is -0.753. The van der Waals surface area contributed by atoms with Gasteiger partial charge in [0.05, 0.1) is 0 Å². The van der Waals surface area contributed by atoms with Gasteiger partial charge in [-0.25, -0.2) is 8.78 Å². The van der Waals surface area contributed by atoms with Crippen molar-refractivity contribution in [1.29, 1.82) is 0 Å². The molecule has 2 rings (SSSR count). The fourth-order valence-corrected chi connectivity index (χ4v) is 1.58. The van der Waals surface area contributed by atoms with Crippen LogP contribution in [-0.2, 0) is 0 Å². The molecule has 0 aliphatic rings. The van der Waals surface area contributed by atoms with Crippen LogP contribution in [0.1, 0.15) is 5.69 Å². The number of rotatable bonds is 1. The van der Waals surface area contributed by atoms with Crippen molar-refractivity contribution in [2.75, 3.05) is 0 Å². The molecular formula is C12H9F2NO. The second-order valence-corrected chi connectivity index (χ2v) is 3.41. The van der Waals surface area contributed by atoms with Gasteiger partial charge < -0.3 is 0 Å². The molecular weight excluding hydrogens is 212 g/mol. The summed E-state index contributed by atoms with van der Waals surface area (Å²) in [5.41, 5.74) is -0.300. The molecule has 0 saturated heterocycles. The maximum absolute atomic E-state index is 13.5. The number of hydrogen-bond acceptors (Lipinski definition) is 1. The van der Waals surface area contributed by atoms with Gasteiger partial charge in [-0.1, -0.05) is 12.1 Å². The van der Waals surface area contributed by atoms with E-state index < -0.39 is 17.2 Å². The Labute approximate surface area is 90.8 Å². The highest BCUT2D eigenvalue weighted by Gasteiger charge is 2.13. The van der Waals surface area contributed by atoms with Crippen LogP contribution in [0, 0.1) is 18.6 Å². The van der Waals surface area contributed by atoms with Crippen LogP contribution in [0.25, 0.3) is 5.69 Å². The minimum absolute atomic E-state index is 0.328. The quantitative estimate of drug-likeness (QED) is 0.724. The summed E-state index contributed by atoms with van der Waals surface area (Å²) in [6.45, 7) is 1.62. The SMILES string of the molecule is Cc1cccc(=O)n1-c1c(F)cccc1F. The molecule has 0 spiro atoms. The van der Waals surface area contributed by atoms with E-state index >= 15 is 0 Å². The van der Waals surface area contributed by atoms with Crippen LogP contribution in [-0.4, -0.2) is 4.57 Å². The Morgan fingerprint density at radius 1 is 1.00 bits per heavy atom. The Bertz CT molecular complexity index is 570. The molecule has 0 bridgehead atoms. The monoisotopic (exact) mass is 221 g/mol. The van der Waals surface area contributed by atoms with E-state index in [9.17, 15) is 13.6 Å². The number of aromatic nitrogens is 1. The summed E-state index contributed by atoms with van der Waals surface area (Å²) in [6, 6.07) is 7.94. The molecule has 1 heterocycles. The minimum Gasteiger partial charge on any atom is -0.276 e. The zero-order chi connectivity index (χ0) is 11.7. The van der Waals surface area contributed by atoms with Gasteiger partial charge in [0.25, 0.3) is 5.56 Å². The van der Waals surface area contributed by atoms with E-state index in [0.29, 0.717) is 5.69 Å². The molecule has 0 aliphatic heterocycles. The third-order valence-electron chi connectivity index (χ3n) is 2.31. The lowest BCUT2D eigenvalue weighted by atomic mass is 10.2. The van der Waals surface area contributed by atoms with Gasteiger partial charge in [0, 0.05) is 11.8 Å². The number of hydrogen-bond donors (Lipinski definition) is 0. The normalized spacial score (nSPS) is 10.4. The highest BCUT2D eigenvalue weighted by atomic mass is 19.1. The van der Waals surface area contributed by atoms with Crippen molar-refractivity contribution in [3.8, 4) is 5.69 Å². The van der Waals surface area contributed by atoms with Crippen molar-refractivity contribution in [1.82, 2.24) is 4.57 Å². The third-order valence-corrected chi connectivity index (χ3v) is 2.31. The zero-order valence-electron chi connectivity index (χ0n) is 8.58. The Balaban J connectivity index is 2.83. The summed E-state index contributed by atoms with van der Waals surface area (Å²) < 4.78 is 28.0. The van der Waals surface area contributed by atoms with Crippen molar-refractivity contribution in [2.45, 2.75) is 6.92 Å². The van der Waals surface area contributed by atoms with Crippen LogP contribution in [0.4, 0.5) is 8.78 Å². The van der Waals surface area contributed by atoms with Crippen LogP contribution in [0.15, 0.2) is 41.2 Å². The van der Waals surface area contributed by atoms with Crippen molar-refractivity contribution >= 4 is 0 Å². The largest absolute Gasteiger partial charge is 0.276 e. The fraction of sp³-hybridized carbons (Fsp3) is 0.0833. The Morgan fingerprint density at radius 2 is 1.56 bits per heavy atom. The molecule has 16 heavy (non-hydrogen) atoms. The predicted molar refractivity (Wildman–Crippen MR) is 56.7 cm³/mol. The number of halogens is 2. The molecule has 2 nitrogen and oxygen atoms in total. The summed E-state index contributed by atoms with van der Waals surface area (Å²) in [7, 11) is 0. The maximum Gasteiger partial charge on any atom is 0.255 e. The first-order valence-corrected chi connectivity index (χ1v) is 4.74. The van der Waals surface area contributed by atoms with E-state index in [-0.39, 0.29) is 5.69 Å². The first-order valence-electron chi connectivity index (χ1n) is 4.74. The van der Waals surface area contributed by atoms with Crippen molar-refractivity contribution in [3.05, 3.63) is 64.1 Å². The number of benzene rings is 1. The first kappa shape index (κ1) is 10.5. The second kappa shape index (κ2) is 3.89. The molecule has 4 heteroatoms. The topological polar surface area (TPSA) is 22.0 Å². The lowest BCUT2D eigenvalue weighted by Gasteiger charge is -2.10. The van der Waals surface area contributed by atoms with Gasteiger partial charge >= 0.3 is 0 Å². The molecule has 0 fully saturated rings. The molecule has 0 saturated carbocycles. The van der Waals surface area contributed by atoms with Crippen LogP contribution >= 0.6 is 0 Å². The molecule has 0 amide bonds. The number of nitrogens with zero attached hydrogens (tertiary/aromatic N) is 1. The van der Waals surface area contributed by atoms with Gasteiger partial charge in [0.1, 0.15) is 17.3 Å². The number of para-hydroxylation sites is 1. The summed E-state index contributed by atoms with van der Waals surface area (Å²) in [4.78, 5) is 11.6. The van der Waals surface area contributed by atoms with Gasteiger partial charge in [-0.05, 0) is 25.1 Å². The Kier molecular flexibility index (Phi) is 2.56. The Hall–Kier alpha value is -1.97. The van der Waals surface area contributed by atoms with Crippen molar-refractivity contribution in [3.63, 3.8) is 0 Å². The third kappa shape index (κ3) is 1.62. The van der Waals surface area contributed by atoms with Crippen molar-refractivity contribution < 1.29 is 8.78 Å². The zero-order valence-corrected chi connectivity index (χ0v) is 8.58. The summed E-state index contributed by atoms with van der Waals surface area (Å²) in [6.07, 6.45) is 0. The molecule has 0 N–H and O–H groups in total. The molecule has 1 aromatic carbocycles. The maximum atomic E-state index is 13.5. The van der Waals surface area contributed by atoms with E-state index in [2.05, 4.69) is 0 Å². The summed E-state index contributed by atoms with van der Waals surface area (Å²) in [5, 5.41) is 0. The van der Waals surface area contributed by atoms with E-state index in [1.165, 1.54) is 12.1 Å². The van der Waals surface area contributed by atoms with E-state index in [4.69, 9.17) is 0 Å². The second-order valence-electron chi connectivity index (χ2n) is 3.41. The fourth-order valence-electron chi connectivity index (χ4n) is 1.58. The molecule has 2 aromatic rings.